The Morgan fingerprint density at radius 2 is 2.11 bits per heavy atom. The predicted octanol–water partition coefficient (Wildman–Crippen LogP) is 2.66. The second-order valence-corrected chi connectivity index (χ2v) is 5.02. The number of primary amides is 1. The SMILES string of the molecule is NC(=O)c1ccc2ccccc2c1CC1CCCO1. The summed E-state index contributed by atoms with van der Waals surface area (Å²) in [5.41, 5.74) is 7.15. The minimum atomic E-state index is -0.362. The molecular weight excluding hydrogens is 238 g/mol. The molecule has 2 N–H and O–H groups in total. The van der Waals surface area contributed by atoms with Crippen LogP contribution in [0.4, 0.5) is 0 Å². The van der Waals surface area contributed by atoms with Crippen molar-refractivity contribution >= 4 is 16.7 Å². The lowest BCUT2D eigenvalue weighted by Crippen LogP contribution is -2.17. The molecule has 1 amide bonds. The first-order chi connectivity index (χ1) is 9.25. The molecule has 3 heteroatoms. The number of amides is 1. The molecule has 1 aliphatic heterocycles. The lowest BCUT2D eigenvalue weighted by atomic mass is 9.93. The fourth-order valence-corrected chi connectivity index (χ4v) is 2.82. The third kappa shape index (κ3) is 2.34. The smallest absolute Gasteiger partial charge is 0.249 e. The van der Waals surface area contributed by atoms with Crippen molar-refractivity contribution < 1.29 is 9.53 Å². The van der Waals surface area contributed by atoms with Crippen LogP contribution in [0.25, 0.3) is 10.8 Å². The highest BCUT2D eigenvalue weighted by molar-refractivity contribution is 6.00. The molecule has 1 saturated heterocycles. The van der Waals surface area contributed by atoms with E-state index in [1.54, 1.807) is 0 Å². The van der Waals surface area contributed by atoms with Crippen LogP contribution in [0.15, 0.2) is 36.4 Å². The highest BCUT2D eigenvalue weighted by Crippen LogP contribution is 2.26. The largest absolute Gasteiger partial charge is 0.378 e. The van der Waals surface area contributed by atoms with E-state index in [4.69, 9.17) is 10.5 Å². The van der Waals surface area contributed by atoms with E-state index < -0.39 is 0 Å². The normalized spacial score (nSPS) is 18.8. The lowest BCUT2D eigenvalue weighted by molar-refractivity contribution is 0.0994. The summed E-state index contributed by atoms with van der Waals surface area (Å²) >= 11 is 0. The van der Waals surface area contributed by atoms with Gasteiger partial charge in [-0.2, -0.15) is 0 Å². The van der Waals surface area contributed by atoms with Crippen LogP contribution in [0, 0.1) is 0 Å². The molecular formula is C16H17NO2. The molecule has 0 saturated carbocycles. The van der Waals surface area contributed by atoms with Gasteiger partial charge in [0, 0.05) is 18.6 Å². The van der Waals surface area contributed by atoms with Crippen LogP contribution in [0.3, 0.4) is 0 Å². The van der Waals surface area contributed by atoms with E-state index in [0.717, 1.165) is 42.2 Å². The van der Waals surface area contributed by atoms with Crippen molar-refractivity contribution in [3.05, 3.63) is 47.5 Å². The molecule has 1 atom stereocenters. The Bertz CT molecular complexity index is 615. The van der Waals surface area contributed by atoms with Crippen molar-refractivity contribution in [2.24, 2.45) is 5.73 Å². The summed E-state index contributed by atoms with van der Waals surface area (Å²) in [6.07, 6.45) is 3.13. The summed E-state index contributed by atoms with van der Waals surface area (Å²) < 4.78 is 5.69. The second-order valence-electron chi connectivity index (χ2n) is 5.02. The molecule has 1 aliphatic rings. The zero-order chi connectivity index (χ0) is 13.2. The van der Waals surface area contributed by atoms with Crippen LogP contribution in [-0.2, 0) is 11.2 Å². The first kappa shape index (κ1) is 12.2. The molecule has 98 valence electrons. The summed E-state index contributed by atoms with van der Waals surface area (Å²) in [6, 6.07) is 11.9. The molecule has 0 aliphatic carbocycles. The van der Waals surface area contributed by atoms with Crippen molar-refractivity contribution in [2.75, 3.05) is 6.61 Å². The zero-order valence-electron chi connectivity index (χ0n) is 10.8. The third-order valence-electron chi connectivity index (χ3n) is 3.76. The number of benzene rings is 2. The zero-order valence-corrected chi connectivity index (χ0v) is 10.8. The van der Waals surface area contributed by atoms with Crippen molar-refractivity contribution in [3.8, 4) is 0 Å². The van der Waals surface area contributed by atoms with Gasteiger partial charge in [0.2, 0.25) is 5.91 Å². The van der Waals surface area contributed by atoms with Gasteiger partial charge < -0.3 is 10.5 Å². The molecule has 0 bridgehead atoms. The molecule has 0 spiro atoms. The molecule has 1 fully saturated rings. The second kappa shape index (κ2) is 5.02. The van der Waals surface area contributed by atoms with E-state index in [1.165, 1.54) is 0 Å². The number of carbonyl (C=O) groups is 1. The highest BCUT2D eigenvalue weighted by Gasteiger charge is 2.20. The minimum absolute atomic E-state index is 0.212. The van der Waals surface area contributed by atoms with Gasteiger partial charge in [0.05, 0.1) is 6.10 Å². The average molecular weight is 255 g/mol. The Kier molecular flexibility index (Phi) is 3.22. The van der Waals surface area contributed by atoms with Gasteiger partial charge in [-0.1, -0.05) is 30.3 Å². The van der Waals surface area contributed by atoms with Crippen LogP contribution >= 0.6 is 0 Å². The maximum Gasteiger partial charge on any atom is 0.249 e. The number of nitrogens with two attached hydrogens (primary N) is 1. The third-order valence-corrected chi connectivity index (χ3v) is 3.76. The Balaban J connectivity index is 2.10. The van der Waals surface area contributed by atoms with E-state index in [9.17, 15) is 4.79 Å². The van der Waals surface area contributed by atoms with Gasteiger partial charge in [-0.05, 0) is 35.2 Å². The van der Waals surface area contributed by atoms with Crippen molar-refractivity contribution in [2.45, 2.75) is 25.4 Å². The molecule has 3 nitrogen and oxygen atoms in total. The maximum absolute atomic E-state index is 11.6. The summed E-state index contributed by atoms with van der Waals surface area (Å²) in [4.78, 5) is 11.6. The number of fused-ring (bicyclic) bond motifs is 1. The quantitative estimate of drug-likeness (QED) is 0.916. The number of hydrogen-bond acceptors (Lipinski definition) is 2. The molecule has 3 rings (SSSR count). The molecule has 2 aromatic rings. The number of carbonyl (C=O) groups excluding carboxylic acids is 1. The van der Waals surface area contributed by atoms with E-state index in [-0.39, 0.29) is 12.0 Å². The molecule has 1 unspecified atom stereocenters. The molecule has 0 aromatic heterocycles. The maximum atomic E-state index is 11.6. The summed E-state index contributed by atoms with van der Waals surface area (Å²) in [5.74, 6) is -0.362. The highest BCUT2D eigenvalue weighted by atomic mass is 16.5. The fraction of sp³-hybridized carbons (Fsp3) is 0.312. The van der Waals surface area contributed by atoms with Gasteiger partial charge in [-0.3, -0.25) is 4.79 Å². The van der Waals surface area contributed by atoms with Crippen LogP contribution in [-0.4, -0.2) is 18.6 Å². The van der Waals surface area contributed by atoms with Gasteiger partial charge >= 0.3 is 0 Å². The summed E-state index contributed by atoms with van der Waals surface area (Å²) in [5, 5.41) is 2.25. The van der Waals surface area contributed by atoms with E-state index >= 15 is 0 Å². The topological polar surface area (TPSA) is 52.3 Å². The first-order valence-corrected chi connectivity index (χ1v) is 6.68. The molecule has 2 aromatic carbocycles. The average Bonchev–Trinajstić information content (AvgIpc) is 2.92. The van der Waals surface area contributed by atoms with Crippen LogP contribution in [0.1, 0.15) is 28.8 Å². The standard InChI is InChI=1S/C16H17NO2/c17-16(18)14-8-7-11-4-1-2-6-13(11)15(14)10-12-5-3-9-19-12/h1-2,4,6-8,12H,3,5,9-10H2,(H2,17,18). The van der Waals surface area contributed by atoms with E-state index in [0.29, 0.717) is 5.56 Å². The number of rotatable bonds is 3. The van der Waals surface area contributed by atoms with Crippen LogP contribution in [0.2, 0.25) is 0 Å². The van der Waals surface area contributed by atoms with Gasteiger partial charge in [0.15, 0.2) is 0 Å². The Labute approximate surface area is 112 Å². The lowest BCUT2D eigenvalue weighted by Gasteiger charge is -2.15. The van der Waals surface area contributed by atoms with E-state index in [1.807, 2.05) is 30.3 Å². The van der Waals surface area contributed by atoms with E-state index in [2.05, 4.69) is 6.07 Å². The molecule has 0 radical (unpaired) electrons. The molecule has 19 heavy (non-hydrogen) atoms. The first-order valence-electron chi connectivity index (χ1n) is 6.68. The van der Waals surface area contributed by atoms with Gasteiger partial charge in [-0.25, -0.2) is 0 Å². The minimum Gasteiger partial charge on any atom is -0.378 e. The van der Waals surface area contributed by atoms with Crippen LogP contribution in [0.5, 0.6) is 0 Å². The Morgan fingerprint density at radius 3 is 2.84 bits per heavy atom. The Hall–Kier alpha value is -1.87. The number of hydrogen-bond donors (Lipinski definition) is 1. The number of ether oxygens (including phenoxy) is 1. The fourth-order valence-electron chi connectivity index (χ4n) is 2.82. The molecule has 1 heterocycles. The van der Waals surface area contributed by atoms with Gasteiger partial charge in [0.25, 0.3) is 0 Å². The van der Waals surface area contributed by atoms with Crippen molar-refractivity contribution in [3.63, 3.8) is 0 Å². The Morgan fingerprint density at radius 1 is 1.26 bits per heavy atom. The van der Waals surface area contributed by atoms with Crippen molar-refractivity contribution in [1.29, 1.82) is 0 Å². The van der Waals surface area contributed by atoms with Crippen molar-refractivity contribution in [1.82, 2.24) is 0 Å². The van der Waals surface area contributed by atoms with Crippen LogP contribution < -0.4 is 5.73 Å². The summed E-state index contributed by atoms with van der Waals surface area (Å²) in [7, 11) is 0. The van der Waals surface area contributed by atoms with Gasteiger partial charge in [0.1, 0.15) is 0 Å². The monoisotopic (exact) mass is 255 g/mol. The predicted molar refractivity (Wildman–Crippen MR) is 75.1 cm³/mol. The van der Waals surface area contributed by atoms with Gasteiger partial charge in [-0.15, -0.1) is 0 Å². The summed E-state index contributed by atoms with van der Waals surface area (Å²) in [6.45, 7) is 0.821.